The molecular weight excluding hydrogens is 372 g/mol. The maximum atomic E-state index is 13.4. The normalized spacial score (nSPS) is 25.1. The summed E-state index contributed by atoms with van der Waals surface area (Å²) in [5.74, 6) is -2.79. The summed E-state index contributed by atoms with van der Waals surface area (Å²) in [5.41, 5.74) is 0.541. The Hall–Kier alpha value is -2.65. The third kappa shape index (κ3) is 3.35. The second kappa shape index (κ2) is 7.53. The summed E-state index contributed by atoms with van der Waals surface area (Å²) in [6, 6.07) is 9.25. The molecule has 0 unspecified atom stereocenters. The number of benzene rings is 1. The Balaban J connectivity index is 2.17. The maximum Gasteiger partial charge on any atom is 0.323 e. The van der Waals surface area contributed by atoms with Crippen LogP contribution in [0.5, 0.6) is 0 Å². The van der Waals surface area contributed by atoms with Gasteiger partial charge in [-0.1, -0.05) is 18.2 Å². The van der Waals surface area contributed by atoms with E-state index in [4.69, 9.17) is 9.47 Å². The Morgan fingerprint density at radius 2 is 1.63 bits per heavy atom. The van der Waals surface area contributed by atoms with Gasteiger partial charge in [0.2, 0.25) is 0 Å². The fraction of sp³-hybridized carbons (Fsp3) is 0.333. The van der Waals surface area contributed by atoms with E-state index in [-0.39, 0.29) is 4.90 Å². The Bertz CT molecular complexity index is 911. The van der Waals surface area contributed by atoms with Crippen molar-refractivity contribution in [1.29, 1.82) is 0 Å². The molecular formula is C18H20N2O6S. The van der Waals surface area contributed by atoms with E-state index >= 15 is 0 Å². The van der Waals surface area contributed by atoms with Gasteiger partial charge in [-0.25, -0.2) is 8.42 Å². The lowest BCUT2D eigenvalue weighted by Crippen LogP contribution is -2.43. The van der Waals surface area contributed by atoms with Gasteiger partial charge < -0.3 is 14.5 Å². The van der Waals surface area contributed by atoms with Crippen molar-refractivity contribution in [2.75, 3.05) is 14.2 Å². The van der Waals surface area contributed by atoms with Crippen molar-refractivity contribution in [2.45, 2.75) is 22.2 Å². The lowest BCUT2D eigenvalue weighted by atomic mass is 9.97. The van der Waals surface area contributed by atoms with E-state index in [1.165, 1.54) is 19.2 Å². The fourth-order valence-electron chi connectivity index (χ4n) is 3.48. The molecule has 1 fully saturated rings. The number of carbonyl (C=O) groups is 2. The second-order valence-corrected chi connectivity index (χ2v) is 8.25. The van der Waals surface area contributed by atoms with Crippen molar-refractivity contribution in [1.82, 2.24) is 10.3 Å². The highest BCUT2D eigenvalue weighted by Gasteiger charge is 2.57. The number of carbonyl (C=O) groups excluding carboxylic acids is 2. The highest BCUT2D eigenvalue weighted by molar-refractivity contribution is 7.92. The maximum absolute atomic E-state index is 13.4. The minimum absolute atomic E-state index is 0.0628. The second-order valence-electron chi connectivity index (χ2n) is 6.14. The minimum atomic E-state index is -3.98. The lowest BCUT2D eigenvalue weighted by Gasteiger charge is -2.23. The van der Waals surface area contributed by atoms with Gasteiger partial charge in [0.15, 0.2) is 9.84 Å². The number of aromatic nitrogens is 1. The first-order valence-corrected chi connectivity index (χ1v) is 9.80. The van der Waals surface area contributed by atoms with Crippen molar-refractivity contribution >= 4 is 21.8 Å². The van der Waals surface area contributed by atoms with Crippen LogP contribution in [0.15, 0.2) is 53.6 Å². The molecule has 1 aliphatic heterocycles. The van der Waals surface area contributed by atoms with Gasteiger partial charge in [0.05, 0.1) is 25.2 Å². The third-order valence-corrected chi connectivity index (χ3v) is 6.93. The van der Waals surface area contributed by atoms with Gasteiger partial charge in [0.25, 0.3) is 0 Å². The number of hydrogen-bond acceptors (Lipinski definition) is 7. The van der Waals surface area contributed by atoms with E-state index < -0.39 is 45.0 Å². The monoisotopic (exact) mass is 392 g/mol. The Morgan fingerprint density at radius 1 is 0.963 bits per heavy atom. The number of hydrogen-bond donors (Lipinski definition) is 2. The number of aromatic amines is 1. The molecule has 27 heavy (non-hydrogen) atoms. The highest BCUT2D eigenvalue weighted by Crippen LogP contribution is 2.39. The largest absolute Gasteiger partial charge is 0.469 e. The SMILES string of the molecule is COC(=O)[C@@H]1[C@H](S(=O)(=O)c2ccccc2)[C@@H](c2ccc[nH]2)N[C@H]1C(=O)OC. The van der Waals surface area contributed by atoms with Crippen LogP contribution in [-0.2, 0) is 28.9 Å². The number of rotatable bonds is 5. The van der Waals surface area contributed by atoms with E-state index in [9.17, 15) is 18.0 Å². The zero-order valence-electron chi connectivity index (χ0n) is 14.8. The number of H-pyrrole nitrogens is 1. The van der Waals surface area contributed by atoms with Crippen LogP contribution in [0, 0.1) is 5.92 Å². The third-order valence-electron chi connectivity index (χ3n) is 4.72. The van der Waals surface area contributed by atoms with Crippen LogP contribution < -0.4 is 5.32 Å². The van der Waals surface area contributed by atoms with Crippen molar-refractivity contribution in [3.63, 3.8) is 0 Å². The Morgan fingerprint density at radius 3 is 2.19 bits per heavy atom. The molecule has 0 spiro atoms. The Kier molecular flexibility index (Phi) is 5.33. The summed E-state index contributed by atoms with van der Waals surface area (Å²) in [7, 11) is -1.64. The average Bonchev–Trinajstić information content (AvgIpc) is 3.35. The molecule has 9 heteroatoms. The van der Waals surface area contributed by atoms with Crippen LogP contribution >= 0.6 is 0 Å². The number of sulfone groups is 1. The van der Waals surface area contributed by atoms with Crippen LogP contribution in [0.4, 0.5) is 0 Å². The standard InChI is InChI=1S/C18H20N2O6S/c1-25-17(21)13-15(18(22)26-2)20-14(12-9-6-10-19-12)16(13)27(23,24)11-7-4-3-5-8-11/h3-10,13-16,19-20H,1-2H3/t13-,14+,15+,16-/m0/s1. The van der Waals surface area contributed by atoms with E-state index in [0.717, 1.165) is 7.11 Å². The zero-order chi connectivity index (χ0) is 19.6. The number of nitrogens with one attached hydrogen (secondary N) is 2. The smallest absolute Gasteiger partial charge is 0.323 e. The summed E-state index contributed by atoms with van der Waals surface area (Å²) >= 11 is 0. The zero-order valence-corrected chi connectivity index (χ0v) is 15.6. The van der Waals surface area contributed by atoms with Gasteiger partial charge in [-0.05, 0) is 24.3 Å². The molecule has 144 valence electrons. The molecule has 0 saturated carbocycles. The first-order chi connectivity index (χ1) is 12.9. The quantitative estimate of drug-likeness (QED) is 0.725. The Labute approximate surface area is 156 Å². The number of ether oxygens (including phenoxy) is 2. The summed E-state index contributed by atoms with van der Waals surface area (Å²) in [4.78, 5) is 27.8. The molecule has 2 aromatic rings. The molecule has 3 rings (SSSR count). The van der Waals surface area contributed by atoms with Crippen LogP contribution in [0.1, 0.15) is 11.7 Å². The molecule has 1 aliphatic rings. The predicted molar refractivity (Wildman–Crippen MR) is 95.4 cm³/mol. The van der Waals surface area contributed by atoms with Crippen molar-refractivity contribution in [3.05, 3.63) is 54.4 Å². The van der Waals surface area contributed by atoms with E-state index in [1.54, 1.807) is 36.5 Å². The molecule has 8 nitrogen and oxygen atoms in total. The van der Waals surface area contributed by atoms with Crippen molar-refractivity contribution in [3.8, 4) is 0 Å². The number of methoxy groups -OCH3 is 2. The molecule has 2 heterocycles. The molecule has 2 N–H and O–H groups in total. The van der Waals surface area contributed by atoms with Gasteiger partial charge in [-0.3, -0.25) is 14.9 Å². The number of esters is 2. The first-order valence-electron chi connectivity index (χ1n) is 8.25. The van der Waals surface area contributed by atoms with Gasteiger partial charge in [0.1, 0.15) is 17.2 Å². The van der Waals surface area contributed by atoms with Crippen LogP contribution in [0.3, 0.4) is 0 Å². The summed E-state index contributed by atoms with van der Waals surface area (Å²) in [6.45, 7) is 0. The van der Waals surface area contributed by atoms with E-state index in [0.29, 0.717) is 5.69 Å². The topological polar surface area (TPSA) is 115 Å². The fourth-order valence-corrected chi connectivity index (χ4v) is 5.57. The molecule has 0 amide bonds. The molecule has 0 aliphatic carbocycles. The van der Waals surface area contributed by atoms with E-state index in [2.05, 4.69) is 10.3 Å². The van der Waals surface area contributed by atoms with Crippen LogP contribution in [-0.4, -0.2) is 50.9 Å². The summed E-state index contributed by atoms with van der Waals surface area (Å²) in [6.07, 6.45) is 1.64. The van der Waals surface area contributed by atoms with Gasteiger partial charge in [0, 0.05) is 11.9 Å². The van der Waals surface area contributed by atoms with Gasteiger partial charge in [-0.2, -0.15) is 0 Å². The van der Waals surface area contributed by atoms with E-state index in [1.807, 2.05) is 0 Å². The van der Waals surface area contributed by atoms with Crippen molar-refractivity contribution in [2.24, 2.45) is 5.92 Å². The summed E-state index contributed by atoms with van der Waals surface area (Å²) in [5, 5.41) is 1.70. The van der Waals surface area contributed by atoms with Crippen LogP contribution in [0.2, 0.25) is 0 Å². The summed E-state index contributed by atoms with van der Waals surface area (Å²) < 4.78 is 36.4. The van der Waals surface area contributed by atoms with Crippen LogP contribution in [0.25, 0.3) is 0 Å². The highest BCUT2D eigenvalue weighted by atomic mass is 32.2. The molecule has 0 radical (unpaired) electrons. The lowest BCUT2D eigenvalue weighted by molar-refractivity contribution is -0.153. The molecule has 0 bridgehead atoms. The molecule has 1 saturated heterocycles. The molecule has 4 atom stereocenters. The molecule has 1 aromatic heterocycles. The molecule has 1 aromatic carbocycles. The van der Waals surface area contributed by atoms with Gasteiger partial charge >= 0.3 is 11.9 Å². The average molecular weight is 392 g/mol. The first kappa shape index (κ1) is 19.1. The van der Waals surface area contributed by atoms with Gasteiger partial charge in [-0.15, -0.1) is 0 Å². The van der Waals surface area contributed by atoms with Crippen molar-refractivity contribution < 1.29 is 27.5 Å². The minimum Gasteiger partial charge on any atom is -0.469 e. The predicted octanol–water partition coefficient (Wildman–Crippen LogP) is 0.832.